The molecule has 0 heterocycles. The van der Waals surface area contributed by atoms with Crippen molar-refractivity contribution < 1.29 is 33.8 Å². The fraction of sp³-hybridized carbons (Fsp3) is 0.733. The number of aliphatic hydroxyl groups excluding tert-OH is 1. The lowest BCUT2D eigenvalue weighted by molar-refractivity contribution is -0.169. The van der Waals surface area contributed by atoms with Crippen LogP contribution in [-0.4, -0.2) is 53.5 Å². The van der Waals surface area contributed by atoms with Gasteiger partial charge in [-0.15, -0.1) is 0 Å². The van der Waals surface area contributed by atoms with Crippen LogP contribution in [0.3, 0.4) is 0 Å². The highest BCUT2D eigenvalue weighted by atomic mass is 32.2. The van der Waals surface area contributed by atoms with E-state index in [2.05, 4.69) is 0 Å². The maximum absolute atomic E-state index is 12.4. The third-order valence-electron chi connectivity index (χ3n) is 2.94. The molecule has 0 aliphatic carbocycles. The molecule has 7 nitrogen and oxygen atoms in total. The summed E-state index contributed by atoms with van der Waals surface area (Å²) in [6, 6.07) is 0. The third-order valence-corrected chi connectivity index (χ3v) is 4.22. The second-order valence-electron chi connectivity index (χ2n) is 5.99. The number of carbonyl (C=O) groups excluding carboxylic acids is 4. The summed E-state index contributed by atoms with van der Waals surface area (Å²) in [6.07, 6.45) is 0. The molecule has 1 N–H and O–H groups in total. The van der Waals surface area contributed by atoms with Crippen molar-refractivity contribution in [3.63, 3.8) is 0 Å². The number of thioether (sulfide) groups is 1. The van der Waals surface area contributed by atoms with Crippen molar-refractivity contribution >= 4 is 34.6 Å². The monoisotopic (exact) mass is 348 g/mol. The summed E-state index contributed by atoms with van der Waals surface area (Å²) in [5.74, 6) is -2.71. The summed E-state index contributed by atoms with van der Waals surface area (Å²) >= 11 is 0.756. The molecule has 0 saturated heterocycles. The molecule has 23 heavy (non-hydrogen) atoms. The number of aliphatic hydroxyl groups is 1. The predicted molar refractivity (Wildman–Crippen MR) is 84.7 cm³/mol. The first-order valence-electron chi connectivity index (χ1n) is 7.13. The van der Waals surface area contributed by atoms with Crippen molar-refractivity contribution in [1.82, 2.24) is 0 Å². The van der Waals surface area contributed by atoms with Gasteiger partial charge >= 0.3 is 11.9 Å². The summed E-state index contributed by atoms with van der Waals surface area (Å²) in [5, 5.41) is 9.35. The fourth-order valence-electron chi connectivity index (χ4n) is 1.43. The highest BCUT2D eigenvalue weighted by molar-refractivity contribution is 8.14. The molecule has 1 unspecified atom stereocenters. The van der Waals surface area contributed by atoms with Gasteiger partial charge in [0.1, 0.15) is 6.61 Å². The number of carbonyl (C=O) groups is 4. The van der Waals surface area contributed by atoms with E-state index in [-0.39, 0.29) is 17.5 Å². The van der Waals surface area contributed by atoms with E-state index in [0.717, 1.165) is 18.7 Å². The lowest BCUT2D eigenvalue weighted by Crippen LogP contribution is -2.49. The van der Waals surface area contributed by atoms with Gasteiger partial charge in [-0.05, 0) is 6.92 Å². The highest BCUT2D eigenvalue weighted by Gasteiger charge is 2.48. The second kappa shape index (κ2) is 9.02. The van der Waals surface area contributed by atoms with E-state index in [0.29, 0.717) is 0 Å². The van der Waals surface area contributed by atoms with E-state index < -0.39 is 41.8 Å². The van der Waals surface area contributed by atoms with E-state index >= 15 is 0 Å². The van der Waals surface area contributed by atoms with Crippen LogP contribution in [0, 0.1) is 10.8 Å². The van der Waals surface area contributed by atoms with Crippen LogP contribution in [0.25, 0.3) is 0 Å². The highest BCUT2D eigenvalue weighted by Crippen LogP contribution is 2.27. The Morgan fingerprint density at radius 1 is 1.09 bits per heavy atom. The van der Waals surface area contributed by atoms with Gasteiger partial charge in [0.05, 0.1) is 19.0 Å². The molecule has 0 rings (SSSR count). The van der Waals surface area contributed by atoms with Crippen molar-refractivity contribution in [1.29, 1.82) is 0 Å². The quantitative estimate of drug-likeness (QED) is 0.511. The molecule has 8 heteroatoms. The van der Waals surface area contributed by atoms with Crippen LogP contribution >= 0.6 is 11.8 Å². The molecule has 0 aliphatic heterocycles. The van der Waals surface area contributed by atoms with Gasteiger partial charge < -0.3 is 14.6 Å². The van der Waals surface area contributed by atoms with E-state index in [1.165, 1.54) is 0 Å². The average molecular weight is 348 g/mol. The molecule has 132 valence electrons. The molecule has 0 bridgehead atoms. The number of hydrogen-bond donors (Lipinski definition) is 1. The number of esters is 2. The summed E-state index contributed by atoms with van der Waals surface area (Å²) in [6.45, 7) is 6.29. The van der Waals surface area contributed by atoms with Crippen LogP contribution in [0.2, 0.25) is 0 Å². The van der Waals surface area contributed by atoms with Gasteiger partial charge in [0, 0.05) is 12.3 Å². The van der Waals surface area contributed by atoms with Crippen LogP contribution in [-0.2, 0) is 28.7 Å². The lowest BCUT2D eigenvalue weighted by atomic mass is 9.85. The molecule has 0 radical (unpaired) electrons. The maximum atomic E-state index is 12.4. The fourth-order valence-corrected chi connectivity index (χ4v) is 2.40. The van der Waals surface area contributed by atoms with Gasteiger partial charge in [0.15, 0.2) is 16.3 Å². The zero-order valence-electron chi connectivity index (χ0n) is 14.1. The van der Waals surface area contributed by atoms with Crippen molar-refractivity contribution in [2.45, 2.75) is 34.6 Å². The van der Waals surface area contributed by atoms with Crippen molar-refractivity contribution in [2.75, 3.05) is 25.6 Å². The minimum atomic E-state index is -2.01. The standard InChI is InChI=1S/C15H24O7S/c1-6-21-12(19)15(8-16,9-22-10(2)17)11(18)7-23-13(20)14(3,4)5/h16H,6-9H2,1-5H3. The zero-order valence-corrected chi connectivity index (χ0v) is 14.9. The Bertz CT molecular complexity index is 467. The molecule has 0 aromatic carbocycles. The average Bonchev–Trinajstić information content (AvgIpc) is 2.44. The Labute approximate surface area is 140 Å². The summed E-state index contributed by atoms with van der Waals surface area (Å²) in [4.78, 5) is 47.4. The first-order valence-corrected chi connectivity index (χ1v) is 8.11. The van der Waals surface area contributed by atoms with Gasteiger partial charge in [-0.25, -0.2) is 0 Å². The van der Waals surface area contributed by atoms with E-state index in [1.807, 2.05) is 0 Å². The Morgan fingerprint density at radius 2 is 1.65 bits per heavy atom. The van der Waals surface area contributed by atoms with Gasteiger partial charge in [0.25, 0.3) is 0 Å². The first-order chi connectivity index (χ1) is 10.5. The first kappa shape index (κ1) is 21.6. The number of ether oxygens (including phenoxy) is 2. The van der Waals surface area contributed by atoms with Crippen molar-refractivity contribution in [2.24, 2.45) is 10.8 Å². The van der Waals surface area contributed by atoms with Crippen LogP contribution in [0.5, 0.6) is 0 Å². The second-order valence-corrected chi connectivity index (χ2v) is 6.94. The van der Waals surface area contributed by atoms with Crippen molar-refractivity contribution in [3.8, 4) is 0 Å². The number of rotatable bonds is 8. The Hall–Kier alpha value is -1.41. The van der Waals surface area contributed by atoms with Crippen LogP contribution in [0.4, 0.5) is 0 Å². The molecule has 0 fully saturated rings. The molecule has 0 aromatic rings. The van der Waals surface area contributed by atoms with E-state index in [1.54, 1.807) is 27.7 Å². The van der Waals surface area contributed by atoms with Crippen LogP contribution in [0.1, 0.15) is 34.6 Å². The Morgan fingerprint density at radius 3 is 2.04 bits per heavy atom. The largest absolute Gasteiger partial charge is 0.465 e. The zero-order chi connectivity index (χ0) is 18.3. The molecule has 0 aromatic heterocycles. The topological polar surface area (TPSA) is 107 Å². The predicted octanol–water partition coefficient (Wildman–Crippen LogP) is 0.966. The van der Waals surface area contributed by atoms with Gasteiger partial charge in [-0.3, -0.25) is 19.2 Å². The summed E-state index contributed by atoms with van der Waals surface area (Å²) < 4.78 is 9.57. The van der Waals surface area contributed by atoms with Crippen LogP contribution < -0.4 is 0 Å². The van der Waals surface area contributed by atoms with Crippen molar-refractivity contribution in [3.05, 3.63) is 0 Å². The number of Topliss-reactive ketones (excluding diaryl/α,β-unsaturated/α-hetero) is 1. The molecule has 0 spiro atoms. The minimum absolute atomic E-state index is 0.00198. The normalized spacial score (nSPS) is 13.8. The SMILES string of the molecule is CCOC(=O)C(CO)(COC(C)=O)C(=O)CSC(=O)C(C)(C)C. The van der Waals surface area contributed by atoms with Crippen LogP contribution in [0.15, 0.2) is 0 Å². The molecule has 1 atom stereocenters. The minimum Gasteiger partial charge on any atom is -0.465 e. The number of hydrogen-bond acceptors (Lipinski definition) is 8. The Balaban J connectivity index is 5.24. The molecular weight excluding hydrogens is 324 g/mol. The summed E-state index contributed by atoms with van der Waals surface area (Å²) in [5.41, 5.74) is -2.65. The number of ketones is 1. The van der Waals surface area contributed by atoms with E-state index in [4.69, 9.17) is 9.47 Å². The Kier molecular flexibility index (Phi) is 8.47. The maximum Gasteiger partial charge on any atom is 0.325 e. The lowest BCUT2D eigenvalue weighted by Gasteiger charge is -2.27. The molecule has 0 amide bonds. The molecule has 0 aliphatic rings. The molecular formula is C15H24O7S. The van der Waals surface area contributed by atoms with Gasteiger partial charge in [0.2, 0.25) is 0 Å². The smallest absolute Gasteiger partial charge is 0.325 e. The van der Waals surface area contributed by atoms with Gasteiger partial charge in [-0.2, -0.15) is 0 Å². The molecule has 0 saturated carbocycles. The van der Waals surface area contributed by atoms with E-state index in [9.17, 15) is 24.3 Å². The summed E-state index contributed by atoms with van der Waals surface area (Å²) in [7, 11) is 0. The van der Waals surface area contributed by atoms with Gasteiger partial charge in [-0.1, -0.05) is 32.5 Å². The third kappa shape index (κ3) is 6.31.